The molecular formula is C19H43N. The molecule has 0 heterocycles. The third-order valence-electron chi connectivity index (χ3n) is 2.50. The number of nitrogens with two attached hydrogens (primary N) is 1. The van der Waals surface area contributed by atoms with Crippen molar-refractivity contribution in [2.75, 3.05) is 6.54 Å². The standard InChI is InChI=1S/C9H16.C4H10.C2H7N.C2H6.C2H4/c1-2-3-4-6-9-7-5-8-9;1-3-4-2;1-2-3;2*1-2/h7H,2-6,8H2,1H3;3-4H2,1-2H3;2-3H2,1H3;1-2H3;1-2H2. The molecule has 0 aromatic rings. The van der Waals surface area contributed by atoms with Crippen LogP contribution in [0.5, 0.6) is 0 Å². The molecule has 0 bridgehead atoms. The summed E-state index contributed by atoms with van der Waals surface area (Å²) < 4.78 is 0. The molecule has 1 aliphatic carbocycles. The van der Waals surface area contributed by atoms with Crippen LogP contribution in [0.15, 0.2) is 24.8 Å². The highest BCUT2D eigenvalue weighted by molar-refractivity contribution is 5.11. The molecule has 0 unspecified atom stereocenters. The highest BCUT2D eigenvalue weighted by atomic mass is 14.5. The van der Waals surface area contributed by atoms with Gasteiger partial charge in [0.15, 0.2) is 0 Å². The topological polar surface area (TPSA) is 26.0 Å². The molecule has 0 saturated heterocycles. The number of allylic oxidation sites excluding steroid dienone is 2. The van der Waals surface area contributed by atoms with Crippen molar-refractivity contribution in [1.82, 2.24) is 0 Å². The van der Waals surface area contributed by atoms with E-state index in [1.54, 1.807) is 5.57 Å². The van der Waals surface area contributed by atoms with Crippen molar-refractivity contribution in [1.29, 1.82) is 0 Å². The van der Waals surface area contributed by atoms with Crippen LogP contribution in [0.3, 0.4) is 0 Å². The van der Waals surface area contributed by atoms with Gasteiger partial charge in [-0.3, -0.25) is 0 Å². The maximum Gasteiger partial charge on any atom is -0.0106 e. The van der Waals surface area contributed by atoms with E-state index in [1.807, 2.05) is 20.8 Å². The van der Waals surface area contributed by atoms with E-state index in [0.717, 1.165) is 6.54 Å². The molecule has 0 fully saturated rings. The van der Waals surface area contributed by atoms with Crippen molar-refractivity contribution in [3.8, 4) is 0 Å². The van der Waals surface area contributed by atoms with Crippen LogP contribution >= 0.6 is 0 Å². The molecule has 0 spiro atoms. The van der Waals surface area contributed by atoms with Gasteiger partial charge in [0.05, 0.1) is 0 Å². The maximum atomic E-state index is 4.85. The van der Waals surface area contributed by atoms with Crippen molar-refractivity contribution in [3.05, 3.63) is 24.8 Å². The van der Waals surface area contributed by atoms with E-state index in [1.165, 1.54) is 51.4 Å². The molecule has 1 heteroatoms. The van der Waals surface area contributed by atoms with Crippen LogP contribution in [0, 0.1) is 0 Å². The highest BCUT2D eigenvalue weighted by Gasteiger charge is 2.03. The van der Waals surface area contributed by atoms with Gasteiger partial charge in [-0.2, -0.15) is 0 Å². The Morgan fingerprint density at radius 2 is 1.35 bits per heavy atom. The van der Waals surface area contributed by atoms with Gasteiger partial charge in [0.25, 0.3) is 0 Å². The second-order valence-corrected chi connectivity index (χ2v) is 4.27. The van der Waals surface area contributed by atoms with Crippen LogP contribution in [0.4, 0.5) is 0 Å². The monoisotopic (exact) mass is 285 g/mol. The van der Waals surface area contributed by atoms with Gasteiger partial charge >= 0.3 is 0 Å². The molecule has 2 N–H and O–H groups in total. The molecule has 1 nitrogen and oxygen atoms in total. The van der Waals surface area contributed by atoms with Gasteiger partial charge < -0.3 is 5.73 Å². The molecule has 124 valence electrons. The first-order valence-corrected chi connectivity index (χ1v) is 8.64. The predicted molar refractivity (Wildman–Crippen MR) is 99.4 cm³/mol. The van der Waals surface area contributed by atoms with Gasteiger partial charge in [-0.1, -0.05) is 78.9 Å². The Morgan fingerprint density at radius 3 is 1.55 bits per heavy atom. The fraction of sp³-hybridized carbons (Fsp3) is 0.789. The Bertz CT molecular complexity index is 148. The average molecular weight is 286 g/mol. The van der Waals surface area contributed by atoms with E-state index in [2.05, 4.69) is 40.0 Å². The van der Waals surface area contributed by atoms with Gasteiger partial charge in [0.2, 0.25) is 0 Å². The lowest BCUT2D eigenvalue weighted by atomic mass is 9.94. The van der Waals surface area contributed by atoms with Gasteiger partial charge in [0.1, 0.15) is 0 Å². The fourth-order valence-electron chi connectivity index (χ4n) is 1.18. The molecule has 0 amide bonds. The summed E-state index contributed by atoms with van der Waals surface area (Å²) in [5, 5.41) is 0. The predicted octanol–water partition coefficient (Wildman–Crippen LogP) is 6.89. The Morgan fingerprint density at radius 1 is 0.950 bits per heavy atom. The van der Waals surface area contributed by atoms with Crippen LogP contribution in [0.2, 0.25) is 0 Å². The second kappa shape index (κ2) is 36.2. The zero-order valence-corrected chi connectivity index (χ0v) is 15.4. The van der Waals surface area contributed by atoms with E-state index >= 15 is 0 Å². The van der Waals surface area contributed by atoms with Crippen molar-refractivity contribution >= 4 is 0 Å². The minimum absolute atomic E-state index is 0.750. The van der Waals surface area contributed by atoms with E-state index in [4.69, 9.17) is 5.73 Å². The lowest BCUT2D eigenvalue weighted by Crippen LogP contribution is -1.92. The van der Waals surface area contributed by atoms with E-state index in [0.29, 0.717) is 0 Å². The van der Waals surface area contributed by atoms with Crippen molar-refractivity contribution < 1.29 is 0 Å². The third-order valence-corrected chi connectivity index (χ3v) is 2.50. The number of hydrogen-bond donors (Lipinski definition) is 1. The van der Waals surface area contributed by atoms with Gasteiger partial charge in [0, 0.05) is 0 Å². The lowest BCUT2D eigenvalue weighted by molar-refractivity contribution is 0.673. The van der Waals surface area contributed by atoms with Crippen molar-refractivity contribution in [2.45, 2.75) is 92.9 Å². The SMILES string of the molecule is C=C.CC.CCCC.CCCCCC1=CCC1.CCN. The first-order chi connectivity index (χ1) is 9.76. The zero-order chi connectivity index (χ0) is 16.6. The Labute approximate surface area is 130 Å². The summed E-state index contributed by atoms with van der Waals surface area (Å²) in [5.74, 6) is 0. The first kappa shape index (κ1) is 27.7. The van der Waals surface area contributed by atoms with E-state index < -0.39 is 0 Å². The molecule has 0 atom stereocenters. The summed E-state index contributed by atoms with van der Waals surface area (Å²) in [6.45, 7) is 19.3. The minimum Gasteiger partial charge on any atom is -0.331 e. The van der Waals surface area contributed by atoms with Gasteiger partial charge in [-0.15, -0.1) is 13.2 Å². The van der Waals surface area contributed by atoms with E-state index in [9.17, 15) is 0 Å². The fourth-order valence-corrected chi connectivity index (χ4v) is 1.18. The third kappa shape index (κ3) is 36.0. The maximum absolute atomic E-state index is 4.85. The number of rotatable bonds is 5. The van der Waals surface area contributed by atoms with Crippen LogP contribution in [0.1, 0.15) is 92.9 Å². The van der Waals surface area contributed by atoms with Gasteiger partial charge in [-0.05, 0) is 32.2 Å². The molecule has 0 aromatic heterocycles. The van der Waals surface area contributed by atoms with Crippen LogP contribution < -0.4 is 5.73 Å². The van der Waals surface area contributed by atoms with Crippen molar-refractivity contribution in [2.24, 2.45) is 5.73 Å². The Kier molecular flexibility index (Phi) is 50.2. The van der Waals surface area contributed by atoms with E-state index in [-0.39, 0.29) is 0 Å². The molecule has 0 radical (unpaired) electrons. The molecular weight excluding hydrogens is 242 g/mol. The lowest BCUT2D eigenvalue weighted by Gasteiger charge is -2.12. The normalized spacial score (nSPS) is 10.4. The van der Waals surface area contributed by atoms with Gasteiger partial charge in [-0.25, -0.2) is 0 Å². The van der Waals surface area contributed by atoms with Crippen LogP contribution in [0.25, 0.3) is 0 Å². The zero-order valence-electron chi connectivity index (χ0n) is 15.4. The molecule has 0 aromatic carbocycles. The largest absolute Gasteiger partial charge is 0.331 e. The quantitative estimate of drug-likeness (QED) is 0.432. The first-order valence-electron chi connectivity index (χ1n) is 8.64. The summed E-state index contributed by atoms with van der Waals surface area (Å²) in [6.07, 6.45) is 13.3. The average Bonchev–Trinajstić information content (AvgIpc) is 2.47. The molecule has 1 aliphatic rings. The van der Waals surface area contributed by atoms with Crippen LogP contribution in [-0.4, -0.2) is 6.54 Å². The Hall–Kier alpha value is -0.560. The number of hydrogen-bond acceptors (Lipinski definition) is 1. The molecule has 20 heavy (non-hydrogen) atoms. The summed E-state index contributed by atoms with van der Waals surface area (Å²) >= 11 is 0. The van der Waals surface area contributed by atoms with Crippen LogP contribution in [-0.2, 0) is 0 Å². The summed E-state index contributed by atoms with van der Waals surface area (Å²) in [7, 11) is 0. The Balaban J connectivity index is -0.0000000988. The molecule has 0 aliphatic heterocycles. The summed E-state index contributed by atoms with van der Waals surface area (Å²) in [4.78, 5) is 0. The molecule has 1 rings (SSSR count). The minimum atomic E-state index is 0.750. The highest BCUT2D eigenvalue weighted by Crippen LogP contribution is 2.23. The smallest absolute Gasteiger partial charge is 0.0106 e. The van der Waals surface area contributed by atoms with Crippen molar-refractivity contribution in [3.63, 3.8) is 0 Å². The summed E-state index contributed by atoms with van der Waals surface area (Å²) in [5.41, 5.74) is 6.56. The summed E-state index contributed by atoms with van der Waals surface area (Å²) in [6, 6.07) is 0. The molecule has 0 saturated carbocycles. The number of unbranched alkanes of at least 4 members (excludes halogenated alkanes) is 3. The second-order valence-electron chi connectivity index (χ2n) is 4.27.